The molecule has 0 aliphatic heterocycles. The molecule has 1 rings (SSSR count). The molecule has 0 aromatic carbocycles. The highest BCUT2D eigenvalue weighted by Crippen LogP contribution is 2.43. The number of Topliss-reactive ketones (excluding diaryl/α,β-unsaturated/α-hetero) is 1. The van der Waals surface area contributed by atoms with E-state index in [9.17, 15) is 23.6 Å². The van der Waals surface area contributed by atoms with Crippen LogP contribution >= 0.6 is 15.6 Å². The van der Waals surface area contributed by atoms with Crippen molar-refractivity contribution in [3.63, 3.8) is 0 Å². The number of rotatable bonds is 72. The number of hydrogen-bond acceptors (Lipinski definition) is 28. The first-order chi connectivity index (χ1) is 42.6. The second-order valence-corrected chi connectivity index (χ2v) is 20.9. The van der Waals surface area contributed by atoms with Crippen molar-refractivity contribution >= 4 is 27.5 Å². The fourth-order valence-corrected chi connectivity index (χ4v) is 7.66. The Labute approximate surface area is 513 Å². The number of carbonyl (C=O) groups excluding carboxylic acids is 2. The maximum Gasteiger partial charge on any atom is 0.472 e. The summed E-state index contributed by atoms with van der Waals surface area (Å²) < 4.78 is 141. The van der Waals surface area contributed by atoms with E-state index in [0.717, 1.165) is 32.8 Å². The number of ketones is 1. The van der Waals surface area contributed by atoms with Crippen molar-refractivity contribution in [1.82, 2.24) is 20.3 Å². The van der Waals surface area contributed by atoms with E-state index in [4.69, 9.17) is 99.2 Å². The van der Waals surface area contributed by atoms with Crippen LogP contribution in [-0.2, 0) is 130 Å². The maximum atomic E-state index is 12.3. The van der Waals surface area contributed by atoms with Gasteiger partial charge in [-0.05, 0) is 19.8 Å². The van der Waals surface area contributed by atoms with Gasteiger partial charge in [0.2, 0.25) is 0 Å². The SMILES string of the molecule is CCOC(=O)NCc1cn(CCC(=O)CCCCCCCOP(=O)(O)OCCOCCOCCOCCOCCOCCOCCOCCOCCOCCOCCOCCOCCOCCOCCOCCOCCOCCOP(=O)(O)OC)nn1. The zero-order chi connectivity index (χ0) is 62.9. The van der Waals surface area contributed by atoms with E-state index in [2.05, 4.69) is 24.7 Å². The molecule has 2 atom stereocenters. The minimum atomic E-state index is -4.17. The number of hydrogen-bond donors (Lipinski definition) is 3. The number of phosphoric ester groups is 2. The summed E-state index contributed by atoms with van der Waals surface area (Å²) in [4.78, 5) is 42.6. The van der Waals surface area contributed by atoms with Gasteiger partial charge in [-0.2, -0.15) is 0 Å². The summed E-state index contributed by atoms with van der Waals surface area (Å²) >= 11 is 0. The number of unbranched alkanes of at least 4 members (excludes halogenated alkanes) is 4. The van der Waals surface area contributed by atoms with Crippen LogP contribution in [0.2, 0.25) is 0 Å². The van der Waals surface area contributed by atoms with Crippen molar-refractivity contribution in [2.45, 2.75) is 65.0 Å². The Balaban J connectivity index is 1.67. The van der Waals surface area contributed by atoms with E-state index < -0.39 is 21.7 Å². The summed E-state index contributed by atoms with van der Waals surface area (Å²) in [5.41, 5.74) is 0.573. The smallest absolute Gasteiger partial charge is 0.450 e. The van der Waals surface area contributed by atoms with Gasteiger partial charge in [0.05, 0.1) is 264 Å². The van der Waals surface area contributed by atoms with E-state index in [-0.39, 0.29) is 58.6 Å². The molecule has 3 N–H and O–H groups in total. The standard InChI is InChI=1S/C53H104N4O28P2/c1-3-82-53(59)54-49-51-50-57(56-55-51)11-10-52(58)9-7-5-4-6-8-12-83-87(62,63)85-48-46-81-44-42-79-40-38-77-36-34-75-32-30-73-28-26-71-24-22-69-20-18-67-16-14-65-13-15-66-17-19-68-21-23-70-25-27-72-29-31-74-33-35-76-37-39-78-41-43-80-45-47-84-86(60,61)64-2/h50H,3-49H2,1-2H3,(H,54,59)(H,60,61)(H,62,63). The van der Waals surface area contributed by atoms with Crippen molar-refractivity contribution in [1.29, 1.82) is 0 Å². The molecule has 32 nitrogen and oxygen atoms in total. The van der Waals surface area contributed by atoms with Crippen molar-refractivity contribution in [3.8, 4) is 0 Å². The number of aryl methyl sites for hydroxylation is 1. The Morgan fingerprint density at radius 3 is 1.02 bits per heavy atom. The lowest BCUT2D eigenvalue weighted by atomic mass is 10.1. The molecular weight excluding hydrogens is 1200 g/mol. The lowest BCUT2D eigenvalue weighted by molar-refractivity contribution is -0.119. The zero-order valence-corrected chi connectivity index (χ0v) is 53.3. The summed E-state index contributed by atoms with van der Waals surface area (Å²) in [5.74, 6) is 0.132. The molecule has 0 spiro atoms. The molecule has 0 fully saturated rings. The summed E-state index contributed by atoms with van der Waals surface area (Å²) in [7, 11) is -7.05. The third-order valence-electron chi connectivity index (χ3n) is 10.9. The van der Waals surface area contributed by atoms with Crippen LogP contribution in [0.4, 0.5) is 4.79 Å². The molecule has 2 unspecified atom stereocenters. The second kappa shape index (κ2) is 63.8. The Kier molecular flexibility index (Phi) is 60.6. The van der Waals surface area contributed by atoms with Crippen LogP contribution in [0.1, 0.15) is 57.6 Å². The van der Waals surface area contributed by atoms with Crippen LogP contribution in [0.15, 0.2) is 6.20 Å². The molecule has 0 bridgehead atoms. The molecule has 0 aliphatic carbocycles. The molecule has 0 aliphatic rings. The van der Waals surface area contributed by atoms with Crippen LogP contribution in [0, 0.1) is 0 Å². The predicted octanol–water partition coefficient (Wildman–Crippen LogP) is 3.00. The van der Waals surface area contributed by atoms with Crippen LogP contribution < -0.4 is 5.32 Å². The fourth-order valence-electron chi connectivity index (χ4n) is 6.51. The number of nitrogens with zero attached hydrogens (tertiary/aromatic N) is 3. The first-order valence-electron chi connectivity index (χ1n) is 29.8. The number of amides is 1. The Morgan fingerprint density at radius 2 is 0.701 bits per heavy atom. The van der Waals surface area contributed by atoms with Crippen LogP contribution in [-0.4, -0.2) is 295 Å². The highest BCUT2D eigenvalue weighted by atomic mass is 31.2. The number of ether oxygens (including phenoxy) is 18. The summed E-state index contributed by atoms with van der Waals surface area (Å²) in [5, 5.41) is 10.5. The van der Waals surface area contributed by atoms with Gasteiger partial charge in [-0.25, -0.2) is 13.9 Å². The van der Waals surface area contributed by atoms with Crippen molar-refractivity contribution < 1.29 is 132 Å². The second-order valence-electron chi connectivity index (χ2n) is 17.9. The van der Waals surface area contributed by atoms with Gasteiger partial charge in [-0.15, -0.1) is 5.10 Å². The molecule has 87 heavy (non-hydrogen) atoms. The normalized spacial score (nSPS) is 13.1. The summed E-state index contributed by atoms with van der Waals surface area (Å²) in [6.45, 7) is 16.6. The van der Waals surface area contributed by atoms with E-state index in [1.807, 2.05) is 0 Å². The fraction of sp³-hybridized carbons (Fsp3) is 0.925. The Hall–Kier alpha value is -2.38. The Bertz CT molecular complexity index is 1750. The maximum absolute atomic E-state index is 12.3. The number of carbonyl (C=O) groups is 2. The summed E-state index contributed by atoms with van der Waals surface area (Å²) in [6.07, 6.45) is 5.83. The van der Waals surface area contributed by atoms with Crippen molar-refractivity contribution in [2.24, 2.45) is 0 Å². The van der Waals surface area contributed by atoms with E-state index >= 15 is 0 Å². The molecule has 1 heterocycles. The minimum absolute atomic E-state index is 0.0539. The first kappa shape index (κ1) is 82.6. The third-order valence-corrected chi connectivity index (χ3v) is 12.9. The molecule has 1 aromatic rings. The Morgan fingerprint density at radius 1 is 0.414 bits per heavy atom. The molecule has 0 radical (unpaired) electrons. The molecule has 0 saturated carbocycles. The highest BCUT2D eigenvalue weighted by molar-refractivity contribution is 7.47. The van der Waals surface area contributed by atoms with Gasteiger partial charge in [0, 0.05) is 26.5 Å². The number of aromatic nitrogens is 3. The molecule has 0 saturated heterocycles. The van der Waals surface area contributed by atoms with Gasteiger partial charge in [-0.3, -0.25) is 27.6 Å². The van der Waals surface area contributed by atoms with Gasteiger partial charge < -0.3 is 100 Å². The molecule has 514 valence electrons. The zero-order valence-electron chi connectivity index (χ0n) is 51.6. The average Bonchev–Trinajstić information content (AvgIpc) is 4.26. The topological polar surface area (TPSA) is 355 Å². The molecule has 34 heteroatoms. The van der Waals surface area contributed by atoms with Crippen molar-refractivity contribution in [2.75, 3.05) is 258 Å². The lowest BCUT2D eigenvalue weighted by Gasteiger charge is -2.12. The van der Waals surface area contributed by atoms with Gasteiger partial charge in [0.1, 0.15) is 11.5 Å². The quantitative estimate of drug-likeness (QED) is 0.0623. The first-order valence-corrected chi connectivity index (χ1v) is 32.8. The van der Waals surface area contributed by atoms with Gasteiger partial charge in [0.15, 0.2) is 0 Å². The van der Waals surface area contributed by atoms with Gasteiger partial charge >= 0.3 is 21.7 Å². The van der Waals surface area contributed by atoms with Gasteiger partial charge in [-0.1, -0.05) is 24.5 Å². The summed E-state index contributed by atoms with van der Waals surface area (Å²) in [6, 6.07) is 0. The average molecular weight is 1310 g/mol. The third kappa shape index (κ3) is 62.2. The minimum Gasteiger partial charge on any atom is -0.450 e. The lowest BCUT2D eigenvalue weighted by Crippen LogP contribution is -2.23. The molecule has 1 amide bonds. The van der Waals surface area contributed by atoms with Crippen LogP contribution in [0.5, 0.6) is 0 Å². The van der Waals surface area contributed by atoms with Crippen molar-refractivity contribution in [3.05, 3.63) is 11.9 Å². The molecular formula is C53H104N4O28P2. The monoisotopic (exact) mass is 1310 g/mol. The number of nitrogens with one attached hydrogen (secondary N) is 1. The van der Waals surface area contributed by atoms with Crippen LogP contribution in [0.3, 0.4) is 0 Å². The van der Waals surface area contributed by atoms with E-state index in [1.54, 1.807) is 17.8 Å². The van der Waals surface area contributed by atoms with Gasteiger partial charge in [0.25, 0.3) is 0 Å². The predicted molar refractivity (Wildman–Crippen MR) is 310 cm³/mol. The van der Waals surface area contributed by atoms with Crippen LogP contribution in [0.25, 0.3) is 0 Å². The van der Waals surface area contributed by atoms with E-state index in [0.29, 0.717) is 236 Å². The number of phosphoric acid groups is 2. The van der Waals surface area contributed by atoms with E-state index in [1.165, 1.54) is 0 Å². The number of alkyl carbamates (subject to hydrolysis) is 1. The highest BCUT2D eigenvalue weighted by Gasteiger charge is 2.20. The largest absolute Gasteiger partial charge is 0.472 e. The molecule has 1 aromatic heterocycles.